The highest BCUT2D eigenvalue weighted by atomic mass is 16.5. The number of ether oxygens (including phenoxy) is 1. The van der Waals surface area contributed by atoms with Gasteiger partial charge in [0.05, 0.1) is 7.11 Å². The van der Waals surface area contributed by atoms with Crippen molar-refractivity contribution in [2.24, 2.45) is 0 Å². The zero-order valence-corrected chi connectivity index (χ0v) is 13.0. The van der Waals surface area contributed by atoms with E-state index >= 15 is 0 Å². The minimum Gasteiger partial charge on any atom is -0.497 e. The molecule has 0 bridgehead atoms. The smallest absolute Gasteiger partial charge is 0.492 e. The molecule has 0 fully saturated rings. The molecule has 0 spiro atoms. The minimum atomic E-state index is -1.53. The molecule has 4 heteroatoms. The molecule has 106 valence electrons. The Morgan fingerprint density at radius 3 is 1.79 bits per heavy atom. The minimum absolute atomic E-state index is 0.0596. The molecule has 0 aromatic heterocycles. The van der Waals surface area contributed by atoms with E-state index in [2.05, 4.69) is 47.6 Å². The largest absolute Gasteiger partial charge is 0.497 e. The molecule has 0 unspecified atom stereocenters. The molecule has 0 aliphatic heterocycles. The number of hydrogen-bond donors (Lipinski definition) is 2. The molecule has 0 heterocycles. The Morgan fingerprint density at radius 1 is 0.947 bits per heavy atom. The van der Waals surface area contributed by atoms with Crippen LogP contribution in [0.2, 0.25) is 0 Å². The van der Waals surface area contributed by atoms with Crippen LogP contribution in [0.25, 0.3) is 0 Å². The van der Waals surface area contributed by atoms with Crippen molar-refractivity contribution in [1.29, 1.82) is 0 Å². The molecule has 1 aromatic rings. The molecular formula is C15H25BO3. The van der Waals surface area contributed by atoms with Crippen LogP contribution in [0, 0.1) is 0 Å². The maximum atomic E-state index is 9.59. The number of benzene rings is 1. The van der Waals surface area contributed by atoms with Crippen molar-refractivity contribution in [3.05, 3.63) is 23.3 Å². The van der Waals surface area contributed by atoms with Gasteiger partial charge < -0.3 is 14.8 Å². The van der Waals surface area contributed by atoms with Crippen molar-refractivity contribution in [2.45, 2.75) is 52.4 Å². The molecular weight excluding hydrogens is 239 g/mol. The van der Waals surface area contributed by atoms with Crippen molar-refractivity contribution in [2.75, 3.05) is 7.11 Å². The number of rotatable bonds is 2. The van der Waals surface area contributed by atoms with Crippen LogP contribution in [0.1, 0.15) is 52.7 Å². The van der Waals surface area contributed by atoms with E-state index in [0.717, 1.165) is 11.1 Å². The Balaban J connectivity index is 3.65. The highest BCUT2D eigenvalue weighted by Crippen LogP contribution is 2.34. The summed E-state index contributed by atoms with van der Waals surface area (Å²) in [7, 11) is 0.0334. The second kappa shape index (κ2) is 5.18. The third-order valence-electron chi connectivity index (χ3n) is 3.27. The van der Waals surface area contributed by atoms with Crippen molar-refractivity contribution in [3.63, 3.8) is 0 Å². The van der Waals surface area contributed by atoms with Gasteiger partial charge >= 0.3 is 7.12 Å². The van der Waals surface area contributed by atoms with Crippen LogP contribution in [0.5, 0.6) is 5.75 Å². The average Bonchev–Trinajstić information content (AvgIpc) is 2.24. The Labute approximate surface area is 116 Å². The predicted octanol–water partition coefficient (Wildman–Crippen LogP) is 1.97. The molecule has 3 nitrogen and oxygen atoms in total. The van der Waals surface area contributed by atoms with Crippen LogP contribution in [0.4, 0.5) is 0 Å². The summed E-state index contributed by atoms with van der Waals surface area (Å²) >= 11 is 0. The number of hydrogen-bond acceptors (Lipinski definition) is 3. The Kier molecular flexibility index (Phi) is 4.38. The quantitative estimate of drug-likeness (QED) is 0.803. The van der Waals surface area contributed by atoms with Crippen LogP contribution in [0.3, 0.4) is 0 Å². The summed E-state index contributed by atoms with van der Waals surface area (Å²) in [6.07, 6.45) is 0. The Bertz CT molecular complexity index is 454. The van der Waals surface area contributed by atoms with Crippen molar-refractivity contribution in [3.8, 4) is 5.75 Å². The van der Waals surface area contributed by atoms with E-state index in [-0.39, 0.29) is 10.8 Å². The van der Waals surface area contributed by atoms with E-state index in [4.69, 9.17) is 4.74 Å². The van der Waals surface area contributed by atoms with E-state index in [9.17, 15) is 10.0 Å². The lowest BCUT2D eigenvalue weighted by molar-refractivity contribution is 0.390. The topological polar surface area (TPSA) is 49.7 Å². The molecule has 0 saturated carbocycles. The van der Waals surface area contributed by atoms with Crippen LogP contribution < -0.4 is 10.2 Å². The van der Waals surface area contributed by atoms with E-state index in [1.54, 1.807) is 7.11 Å². The molecule has 1 aromatic carbocycles. The van der Waals surface area contributed by atoms with Gasteiger partial charge in [0, 0.05) is 5.46 Å². The zero-order chi connectivity index (χ0) is 15.0. The summed E-state index contributed by atoms with van der Waals surface area (Å²) in [5.41, 5.74) is 2.30. The summed E-state index contributed by atoms with van der Waals surface area (Å²) in [5.74, 6) is 0.565. The van der Waals surface area contributed by atoms with Crippen LogP contribution in [-0.2, 0) is 10.8 Å². The summed E-state index contributed by atoms with van der Waals surface area (Å²) in [6, 6.07) is 3.92. The van der Waals surface area contributed by atoms with E-state index in [0.29, 0.717) is 11.2 Å². The maximum absolute atomic E-state index is 9.59. The molecule has 1 rings (SSSR count). The van der Waals surface area contributed by atoms with E-state index in [1.165, 1.54) is 0 Å². The predicted molar refractivity (Wildman–Crippen MR) is 80.2 cm³/mol. The summed E-state index contributed by atoms with van der Waals surface area (Å²) in [6.45, 7) is 12.6. The highest BCUT2D eigenvalue weighted by molar-refractivity contribution is 6.59. The van der Waals surface area contributed by atoms with Gasteiger partial charge in [0.2, 0.25) is 0 Å². The highest BCUT2D eigenvalue weighted by Gasteiger charge is 2.29. The monoisotopic (exact) mass is 264 g/mol. The molecule has 0 aliphatic carbocycles. The second-order valence-corrected chi connectivity index (χ2v) is 7.02. The normalized spacial score (nSPS) is 12.5. The molecule has 0 saturated heterocycles. The molecule has 0 amide bonds. The average molecular weight is 264 g/mol. The van der Waals surface area contributed by atoms with Crippen LogP contribution in [0.15, 0.2) is 12.1 Å². The first kappa shape index (κ1) is 16.1. The van der Waals surface area contributed by atoms with Crippen molar-refractivity contribution >= 4 is 12.6 Å². The summed E-state index contributed by atoms with van der Waals surface area (Å²) < 4.78 is 5.41. The third kappa shape index (κ3) is 3.51. The molecule has 0 radical (unpaired) electrons. The van der Waals surface area contributed by atoms with Gasteiger partial charge in [-0.1, -0.05) is 53.7 Å². The third-order valence-corrected chi connectivity index (χ3v) is 3.27. The van der Waals surface area contributed by atoms with Gasteiger partial charge in [-0.2, -0.15) is 0 Å². The van der Waals surface area contributed by atoms with Crippen LogP contribution >= 0.6 is 0 Å². The van der Waals surface area contributed by atoms with E-state index < -0.39 is 7.12 Å². The van der Waals surface area contributed by atoms with Gasteiger partial charge in [-0.3, -0.25) is 0 Å². The van der Waals surface area contributed by atoms with Crippen molar-refractivity contribution < 1.29 is 14.8 Å². The lowest BCUT2D eigenvalue weighted by atomic mass is 9.71. The summed E-state index contributed by atoms with van der Waals surface area (Å²) in [4.78, 5) is 0. The van der Waals surface area contributed by atoms with Gasteiger partial charge in [0.25, 0.3) is 0 Å². The van der Waals surface area contributed by atoms with Gasteiger partial charge in [0.15, 0.2) is 0 Å². The maximum Gasteiger partial charge on any atom is 0.492 e. The fourth-order valence-corrected chi connectivity index (χ4v) is 2.06. The first-order chi connectivity index (χ1) is 8.48. The number of methoxy groups -OCH3 is 1. The molecule has 0 atom stereocenters. The first-order valence-corrected chi connectivity index (χ1v) is 6.57. The second-order valence-electron chi connectivity index (χ2n) is 7.02. The van der Waals surface area contributed by atoms with Gasteiger partial charge in [0.1, 0.15) is 5.75 Å². The zero-order valence-electron chi connectivity index (χ0n) is 13.0. The fourth-order valence-electron chi connectivity index (χ4n) is 2.06. The first-order valence-electron chi connectivity index (χ1n) is 6.57. The molecule has 19 heavy (non-hydrogen) atoms. The summed E-state index contributed by atoms with van der Waals surface area (Å²) in [5, 5.41) is 19.2. The SMILES string of the molecule is COc1c(B(O)O)cc(C(C)(C)C)cc1C(C)(C)C. The van der Waals surface area contributed by atoms with Gasteiger partial charge in [-0.05, 0) is 22.0 Å². The van der Waals surface area contributed by atoms with Crippen molar-refractivity contribution in [1.82, 2.24) is 0 Å². The van der Waals surface area contributed by atoms with Crippen LogP contribution in [-0.4, -0.2) is 24.3 Å². The lowest BCUT2D eigenvalue weighted by Gasteiger charge is -2.28. The standard InChI is InChI=1S/C15H25BO3/c1-14(2,3)10-8-11(15(4,5)6)13(19-7)12(9-10)16(17)18/h8-9,17-18H,1-7H3. The van der Waals surface area contributed by atoms with Gasteiger partial charge in [-0.25, -0.2) is 0 Å². The van der Waals surface area contributed by atoms with Gasteiger partial charge in [-0.15, -0.1) is 0 Å². The molecule has 2 N–H and O–H groups in total. The lowest BCUT2D eigenvalue weighted by Crippen LogP contribution is -2.35. The fraction of sp³-hybridized carbons (Fsp3) is 0.600. The Morgan fingerprint density at radius 2 is 1.47 bits per heavy atom. The van der Waals surface area contributed by atoms with E-state index in [1.807, 2.05) is 6.07 Å². The Hall–Kier alpha value is -0.995. The molecule has 0 aliphatic rings.